The van der Waals surface area contributed by atoms with E-state index in [4.69, 9.17) is 26.2 Å². The molecule has 10 heteroatoms. The van der Waals surface area contributed by atoms with Crippen molar-refractivity contribution in [3.8, 4) is 11.5 Å². The van der Waals surface area contributed by atoms with Gasteiger partial charge in [-0.05, 0) is 105 Å². The summed E-state index contributed by atoms with van der Waals surface area (Å²) in [4.78, 5) is 42.8. The molecule has 2 N–H and O–H groups in total. The van der Waals surface area contributed by atoms with E-state index in [-0.39, 0.29) is 42.8 Å². The third kappa shape index (κ3) is 9.32. The van der Waals surface area contributed by atoms with Crippen LogP contribution in [0.15, 0.2) is 66.2 Å². The van der Waals surface area contributed by atoms with Crippen LogP contribution in [0.2, 0.25) is 5.02 Å². The Morgan fingerprint density at radius 3 is 2.33 bits per heavy atom. The highest BCUT2D eigenvalue weighted by Crippen LogP contribution is 2.37. The molecule has 270 valence electrons. The number of aliphatic carboxylic acids is 1. The Morgan fingerprint density at radius 2 is 1.63 bits per heavy atom. The quantitative estimate of drug-likeness (QED) is 0.172. The Labute approximate surface area is 305 Å². The maximum absolute atomic E-state index is 14.7. The Balaban J connectivity index is 1.20. The topological polar surface area (TPSA) is 108 Å². The molecule has 6 rings (SSSR count). The van der Waals surface area contributed by atoms with Crippen LogP contribution in [0.1, 0.15) is 66.3 Å². The molecule has 2 aliphatic heterocycles. The zero-order valence-corrected chi connectivity index (χ0v) is 30.5. The van der Waals surface area contributed by atoms with E-state index in [0.29, 0.717) is 62.2 Å². The van der Waals surface area contributed by atoms with Crippen LogP contribution in [0.4, 0.5) is 0 Å². The minimum absolute atomic E-state index is 0.0223. The van der Waals surface area contributed by atoms with Crippen molar-refractivity contribution in [1.29, 1.82) is 0 Å². The Bertz CT molecular complexity index is 1770. The summed E-state index contributed by atoms with van der Waals surface area (Å²) in [6, 6.07) is 20.1. The fourth-order valence-electron chi connectivity index (χ4n) is 7.04. The molecular weight excluding hydrogens is 666 g/mol. The third-order valence-electron chi connectivity index (χ3n) is 10.1. The summed E-state index contributed by atoms with van der Waals surface area (Å²) < 4.78 is 11.9. The van der Waals surface area contributed by atoms with Crippen molar-refractivity contribution in [2.45, 2.75) is 83.8 Å². The molecule has 2 fully saturated rings. The van der Waals surface area contributed by atoms with E-state index in [2.05, 4.69) is 36.5 Å². The number of fused-ring (bicyclic) bond motifs is 2. The summed E-state index contributed by atoms with van der Waals surface area (Å²) in [6.45, 7) is 8.30. The molecule has 2 amide bonds. The number of rotatable bonds is 15. The molecule has 0 unspecified atom stereocenters. The first-order valence-electron chi connectivity index (χ1n) is 18.0. The van der Waals surface area contributed by atoms with E-state index in [0.717, 1.165) is 47.1 Å². The molecule has 2 bridgehead atoms. The number of carboxylic acids is 1. The summed E-state index contributed by atoms with van der Waals surface area (Å²) in [7, 11) is 0. The van der Waals surface area contributed by atoms with E-state index >= 15 is 0 Å². The van der Waals surface area contributed by atoms with Crippen molar-refractivity contribution in [2.75, 3.05) is 32.8 Å². The molecular formula is C41H48ClN3O6. The molecule has 0 aromatic heterocycles. The number of carboxylic acid groups (broad SMARTS) is 1. The lowest BCUT2D eigenvalue weighted by molar-refractivity contribution is -0.138. The number of nitrogens with zero attached hydrogens (tertiary/aromatic N) is 2. The molecule has 1 aliphatic carbocycles. The van der Waals surface area contributed by atoms with Gasteiger partial charge >= 0.3 is 5.97 Å². The third-order valence-corrected chi connectivity index (χ3v) is 10.4. The second kappa shape index (κ2) is 16.3. The van der Waals surface area contributed by atoms with Crippen LogP contribution in [0.5, 0.6) is 11.5 Å². The molecule has 3 aliphatic rings. The van der Waals surface area contributed by atoms with Gasteiger partial charge in [0.1, 0.15) is 24.7 Å². The highest BCUT2D eigenvalue weighted by molar-refractivity contribution is 6.32. The number of ether oxygens (including phenoxy) is 2. The number of piperazine rings is 1. The van der Waals surface area contributed by atoms with Crippen LogP contribution in [0, 0.1) is 20.8 Å². The van der Waals surface area contributed by atoms with E-state index < -0.39 is 5.97 Å². The van der Waals surface area contributed by atoms with Gasteiger partial charge in [-0.25, -0.2) is 0 Å². The number of amides is 2. The van der Waals surface area contributed by atoms with E-state index in [1.165, 1.54) is 11.1 Å². The zero-order chi connectivity index (χ0) is 36.1. The number of hydrogen-bond donors (Lipinski definition) is 2. The maximum atomic E-state index is 14.7. The predicted molar refractivity (Wildman–Crippen MR) is 198 cm³/mol. The number of halogens is 1. The van der Waals surface area contributed by atoms with Crippen molar-refractivity contribution >= 4 is 35.0 Å². The van der Waals surface area contributed by atoms with Gasteiger partial charge < -0.3 is 29.7 Å². The second-order valence-corrected chi connectivity index (χ2v) is 14.5. The van der Waals surface area contributed by atoms with Crippen molar-refractivity contribution in [1.82, 2.24) is 15.1 Å². The number of benzene rings is 3. The average Bonchev–Trinajstić information content (AvgIpc) is 3.95. The first kappa shape index (κ1) is 36.5. The lowest BCUT2D eigenvalue weighted by Crippen LogP contribution is -2.62. The number of hydrogen-bond acceptors (Lipinski definition) is 6. The van der Waals surface area contributed by atoms with Crippen LogP contribution in [-0.2, 0) is 20.8 Å². The summed E-state index contributed by atoms with van der Waals surface area (Å²) in [6.07, 6.45) is 3.78. The molecule has 3 aromatic carbocycles. The SMILES string of the molecule is Cc1ccc(CCN(C(=O)C2=C(c3ccc(OCCOc4cc(C)c(C)cc4Cl)cc3)C[C@@H]3CN(C(=O)CCCC(=O)O)C[C@H]2N3)C2CC2)cc1. The summed E-state index contributed by atoms with van der Waals surface area (Å²) in [5.41, 5.74) is 7.33. The highest BCUT2D eigenvalue weighted by atomic mass is 35.5. The highest BCUT2D eigenvalue weighted by Gasteiger charge is 2.43. The van der Waals surface area contributed by atoms with E-state index in [1.54, 1.807) is 0 Å². The summed E-state index contributed by atoms with van der Waals surface area (Å²) in [5.74, 6) is 0.397. The average molecular weight is 714 g/mol. The second-order valence-electron chi connectivity index (χ2n) is 14.1. The van der Waals surface area contributed by atoms with Crippen molar-refractivity contribution < 1.29 is 29.0 Å². The van der Waals surface area contributed by atoms with Crippen LogP contribution >= 0.6 is 11.6 Å². The first-order valence-corrected chi connectivity index (χ1v) is 18.4. The Morgan fingerprint density at radius 1 is 0.922 bits per heavy atom. The van der Waals surface area contributed by atoms with Gasteiger partial charge in [0.05, 0.1) is 11.1 Å². The van der Waals surface area contributed by atoms with Gasteiger partial charge in [0.15, 0.2) is 0 Å². The predicted octanol–water partition coefficient (Wildman–Crippen LogP) is 6.54. The fourth-order valence-corrected chi connectivity index (χ4v) is 7.32. The fraction of sp³-hybridized carbons (Fsp3) is 0.439. The van der Waals surface area contributed by atoms with Crippen LogP contribution in [0.3, 0.4) is 0 Å². The first-order chi connectivity index (χ1) is 24.5. The monoisotopic (exact) mass is 713 g/mol. The number of aryl methyl sites for hydroxylation is 3. The van der Waals surface area contributed by atoms with Gasteiger partial charge in [-0.1, -0.05) is 53.6 Å². The minimum atomic E-state index is -0.904. The van der Waals surface area contributed by atoms with Gasteiger partial charge in [-0.2, -0.15) is 0 Å². The normalized spacial score (nSPS) is 18.4. The number of carbonyl (C=O) groups is 3. The molecule has 0 radical (unpaired) electrons. The van der Waals surface area contributed by atoms with Crippen LogP contribution in [0.25, 0.3) is 5.57 Å². The van der Waals surface area contributed by atoms with Crippen LogP contribution in [-0.4, -0.2) is 83.7 Å². The summed E-state index contributed by atoms with van der Waals surface area (Å²) >= 11 is 6.36. The standard InChI is InChI=1S/C41H48ClN3O6/c1-26-7-9-29(10-8-26)17-18-45(32-13-14-32)41(49)40-34(23-31-24-44(25-36(40)43-31)38(46)5-4-6-39(47)48)30-11-15-33(16-12-30)50-19-20-51-37-22-28(3)27(2)21-35(37)42/h7-12,15-16,21-22,31-32,36,43H,4-6,13-14,17-20,23-25H2,1-3H3,(H,47,48)/t31-,36-/m1/s1. The van der Waals surface area contributed by atoms with E-state index in [1.807, 2.05) is 60.0 Å². The molecule has 9 nitrogen and oxygen atoms in total. The van der Waals surface area contributed by atoms with E-state index in [9.17, 15) is 14.4 Å². The molecule has 51 heavy (non-hydrogen) atoms. The number of nitrogens with one attached hydrogen (secondary N) is 1. The molecule has 3 aromatic rings. The summed E-state index contributed by atoms with van der Waals surface area (Å²) in [5, 5.41) is 13.3. The van der Waals surface area contributed by atoms with Crippen LogP contribution < -0.4 is 14.8 Å². The number of carbonyl (C=O) groups excluding carboxylic acids is 2. The minimum Gasteiger partial charge on any atom is -0.490 e. The van der Waals surface area contributed by atoms with Gasteiger partial charge in [-0.15, -0.1) is 0 Å². The molecule has 1 saturated carbocycles. The Kier molecular flexibility index (Phi) is 11.7. The molecule has 0 spiro atoms. The smallest absolute Gasteiger partial charge is 0.303 e. The molecule has 2 heterocycles. The van der Waals surface area contributed by atoms with Crippen molar-refractivity contribution in [3.63, 3.8) is 0 Å². The van der Waals surface area contributed by atoms with Crippen molar-refractivity contribution in [2.24, 2.45) is 0 Å². The molecule has 1 saturated heterocycles. The largest absolute Gasteiger partial charge is 0.490 e. The van der Waals surface area contributed by atoms with Gasteiger partial charge in [0, 0.05) is 50.1 Å². The zero-order valence-electron chi connectivity index (χ0n) is 29.8. The lowest BCUT2D eigenvalue weighted by Gasteiger charge is -2.45. The van der Waals surface area contributed by atoms with Crippen molar-refractivity contribution in [3.05, 3.63) is 99.1 Å². The molecule has 2 atom stereocenters. The Hall–Kier alpha value is -4.34. The lowest BCUT2D eigenvalue weighted by atomic mass is 9.82. The van der Waals surface area contributed by atoms with Gasteiger partial charge in [0.25, 0.3) is 5.91 Å². The van der Waals surface area contributed by atoms with Gasteiger partial charge in [-0.3, -0.25) is 14.4 Å². The van der Waals surface area contributed by atoms with Gasteiger partial charge in [0.2, 0.25) is 5.91 Å². The maximum Gasteiger partial charge on any atom is 0.303 e.